The quantitative estimate of drug-likeness (QED) is 0.175. The summed E-state index contributed by atoms with van der Waals surface area (Å²) in [5.41, 5.74) is 5.19. The molecule has 0 nitrogen and oxygen atoms in total. The normalized spacial score (nSPS) is 17.4. The molecular formula is C33H36BrP. The molecule has 0 fully saturated rings. The van der Waals surface area contributed by atoms with Crippen LogP contribution in [0.2, 0.25) is 0 Å². The molecule has 0 spiro atoms. The molecule has 0 aliphatic heterocycles. The molecule has 1 atom stereocenters. The first-order chi connectivity index (χ1) is 16.8. The fourth-order valence-corrected chi connectivity index (χ4v) is 14.1. The van der Waals surface area contributed by atoms with E-state index in [0.717, 1.165) is 0 Å². The Balaban J connectivity index is 1.77. The van der Waals surface area contributed by atoms with Gasteiger partial charge in [-0.1, -0.05) is 0 Å². The maximum absolute atomic E-state index is 4.68. The fraction of sp³-hybridized carbons (Fsp3) is 0.273. The van der Waals surface area contributed by atoms with Gasteiger partial charge in [0.15, 0.2) is 0 Å². The molecule has 1 aliphatic rings. The van der Waals surface area contributed by atoms with Crippen LogP contribution in [-0.2, 0) is 12.8 Å². The molecule has 0 amide bonds. The first-order valence-electron chi connectivity index (χ1n) is 12.8. The minimum atomic E-state index is -3.07. The molecule has 4 aromatic rings. The van der Waals surface area contributed by atoms with Crippen molar-refractivity contribution in [2.24, 2.45) is 5.41 Å². The number of benzene rings is 4. The summed E-state index contributed by atoms with van der Waals surface area (Å²) in [5.74, 6) is 0. The predicted octanol–water partition coefficient (Wildman–Crippen LogP) is 8.49. The number of hydrogen-bond donors (Lipinski definition) is 0. The molecule has 5 rings (SSSR count). The van der Waals surface area contributed by atoms with Crippen molar-refractivity contribution in [2.75, 3.05) is 0 Å². The molecule has 1 unspecified atom stereocenters. The van der Waals surface area contributed by atoms with Crippen LogP contribution in [0.3, 0.4) is 0 Å². The van der Waals surface area contributed by atoms with Gasteiger partial charge in [0.1, 0.15) is 0 Å². The fourth-order valence-electron chi connectivity index (χ4n) is 6.01. The molecular weight excluding hydrogens is 507 g/mol. The molecule has 2 heteroatoms. The van der Waals surface area contributed by atoms with Crippen LogP contribution in [0.5, 0.6) is 0 Å². The van der Waals surface area contributed by atoms with E-state index in [9.17, 15) is 0 Å². The van der Waals surface area contributed by atoms with Crippen molar-refractivity contribution in [1.82, 2.24) is 0 Å². The summed E-state index contributed by atoms with van der Waals surface area (Å²) >= 11 is 4.68. The summed E-state index contributed by atoms with van der Waals surface area (Å²) in [4.78, 5) is 0. The van der Waals surface area contributed by atoms with Crippen molar-refractivity contribution in [3.8, 4) is 0 Å². The average molecular weight is 544 g/mol. The van der Waals surface area contributed by atoms with Crippen LogP contribution >= 0.6 is 20.8 Å². The summed E-state index contributed by atoms with van der Waals surface area (Å²) in [6.07, 6.45) is 4.88. The summed E-state index contributed by atoms with van der Waals surface area (Å²) in [6, 6.07) is 40.9. The number of fused-ring (bicyclic) bond motifs is 1. The second kappa shape index (κ2) is 9.34. The summed E-state index contributed by atoms with van der Waals surface area (Å²) in [5, 5.41) is 1.06. The Morgan fingerprint density at radius 2 is 1.06 bits per heavy atom. The molecule has 1 aliphatic carbocycles. The zero-order valence-electron chi connectivity index (χ0n) is 21.1. The maximum atomic E-state index is 4.68. The van der Waals surface area contributed by atoms with E-state index in [1.54, 1.807) is 11.1 Å². The summed E-state index contributed by atoms with van der Waals surface area (Å²) in [6.45, 7) is 7.29. The molecule has 0 saturated carbocycles. The molecule has 0 aromatic heterocycles. The van der Waals surface area contributed by atoms with Gasteiger partial charge < -0.3 is 0 Å². The Hall–Kier alpha value is -2.21. The van der Waals surface area contributed by atoms with E-state index in [1.807, 2.05) is 0 Å². The predicted molar refractivity (Wildman–Crippen MR) is 159 cm³/mol. The third kappa shape index (κ3) is 4.12. The van der Waals surface area contributed by atoms with Gasteiger partial charge in [-0.2, -0.15) is 0 Å². The standard InChI is InChI=1S/C33H36BrP/c1-26(28-20-19-27-21-23-33(2,3)24-22-29(27)25-28)35(34,30-13-7-4-8-14-30,31-15-9-5-10-16-31)32-17-11-6-12-18-32/h4-20,25-26H,21-24H2,1-3H3. The topological polar surface area (TPSA) is 0 Å². The average Bonchev–Trinajstić information content (AvgIpc) is 3.07. The van der Waals surface area contributed by atoms with Gasteiger partial charge in [-0.3, -0.25) is 0 Å². The molecule has 0 N–H and O–H groups in total. The van der Waals surface area contributed by atoms with Gasteiger partial charge in [0.2, 0.25) is 0 Å². The Bertz CT molecular complexity index is 1200. The van der Waals surface area contributed by atoms with Crippen molar-refractivity contribution < 1.29 is 0 Å². The first-order valence-corrected chi connectivity index (χ1v) is 17.2. The van der Waals surface area contributed by atoms with E-state index in [0.29, 0.717) is 5.41 Å². The molecule has 4 aromatic carbocycles. The van der Waals surface area contributed by atoms with Crippen LogP contribution < -0.4 is 15.9 Å². The molecule has 0 bridgehead atoms. The van der Waals surface area contributed by atoms with Gasteiger partial charge in [0.25, 0.3) is 0 Å². The van der Waals surface area contributed by atoms with Gasteiger partial charge in [0, 0.05) is 0 Å². The Morgan fingerprint density at radius 1 is 0.629 bits per heavy atom. The van der Waals surface area contributed by atoms with Gasteiger partial charge in [0.05, 0.1) is 0 Å². The molecule has 0 radical (unpaired) electrons. The zero-order chi connectivity index (χ0) is 24.5. The summed E-state index contributed by atoms with van der Waals surface area (Å²) in [7, 11) is 0. The van der Waals surface area contributed by atoms with Crippen LogP contribution in [0, 0.1) is 5.41 Å². The van der Waals surface area contributed by atoms with Crippen molar-refractivity contribution in [1.29, 1.82) is 0 Å². The van der Waals surface area contributed by atoms with E-state index in [1.165, 1.54) is 47.2 Å². The molecule has 35 heavy (non-hydrogen) atoms. The SMILES string of the molecule is CC(c1ccc2c(c1)CCC(C)(C)CC2)P(Br)(c1ccccc1)(c1ccccc1)c1ccccc1. The Kier molecular flexibility index (Phi) is 6.54. The third-order valence-corrected chi connectivity index (χ3v) is 19.6. The number of hydrogen-bond acceptors (Lipinski definition) is 0. The van der Waals surface area contributed by atoms with Crippen LogP contribution in [-0.4, -0.2) is 0 Å². The molecule has 0 saturated heterocycles. The van der Waals surface area contributed by atoms with Gasteiger partial charge in [-0.05, 0) is 0 Å². The van der Waals surface area contributed by atoms with Crippen molar-refractivity contribution in [3.63, 3.8) is 0 Å². The van der Waals surface area contributed by atoms with Gasteiger partial charge in [-0.25, -0.2) is 0 Å². The van der Waals surface area contributed by atoms with E-state index < -0.39 is 5.31 Å². The van der Waals surface area contributed by atoms with E-state index >= 15 is 0 Å². The number of aryl methyl sites for hydroxylation is 2. The number of rotatable bonds is 5. The Morgan fingerprint density at radius 3 is 1.51 bits per heavy atom. The van der Waals surface area contributed by atoms with Crippen LogP contribution in [0.15, 0.2) is 109 Å². The van der Waals surface area contributed by atoms with Crippen molar-refractivity contribution in [2.45, 2.75) is 52.1 Å². The minimum absolute atomic E-state index is 0.259. The number of halogens is 1. The van der Waals surface area contributed by atoms with E-state index in [-0.39, 0.29) is 5.66 Å². The van der Waals surface area contributed by atoms with Crippen LogP contribution in [0.4, 0.5) is 0 Å². The van der Waals surface area contributed by atoms with Crippen molar-refractivity contribution >= 4 is 36.7 Å². The van der Waals surface area contributed by atoms with E-state index in [2.05, 4.69) is 145 Å². The van der Waals surface area contributed by atoms with Gasteiger partial charge >= 0.3 is 220 Å². The van der Waals surface area contributed by atoms with Crippen molar-refractivity contribution in [3.05, 3.63) is 126 Å². The van der Waals surface area contributed by atoms with Crippen LogP contribution in [0.25, 0.3) is 0 Å². The second-order valence-corrected chi connectivity index (χ2v) is 19.8. The monoisotopic (exact) mass is 542 g/mol. The van der Waals surface area contributed by atoms with Gasteiger partial charge in [-0.15, -0.1) is 0 Å². The van der Waals surface area contributed by atoms with Crippen LogP contribution in [0.1, 0.15) is 56.0 Å². The first kappa shape index (κ1) is 24.5. The zero-order valence-corrected chi connectivity index (χ0v) is 23.6. The third-order valence-electron chi connectivity index (χ3n) is 8.37. The van der Waals surface area contributed by atoms with E-state index in [4.69, 9.17) is 0 Å². The Labute approximate surface area is 219 Å². The molecule has 0 heterocycles. The summed E-state index contributed by atoms with van der Waals surface area (Å²) < 4.78 is 0. The second-order valence-electron chi connectivity index (χ2n) is 10.9. The molecule has 180 valence electrons.